The topological polar surface area (TPSA) is 49.8 Å². The van der Waals surface area contributed by atoms with E-state index in [-0.39, 0.29) is 0 Å². The summed E-state index contributed by atoms with van der Waals surface area (Å²) in [7, 11) is 0. The second-order valence-corrected chi connectivity index (χ2v) is 4.60. The van der Waals surface area contributed by atoms with Crippen molar-refractivity contribution in [3.63, 3.8) is 0 Å². The predicted octanol–water partition coefficient (Wildman–Crippen LogP) is 3.10. The maximum Gasteiger partial charge on any atom is 0.136 e. The summed E-state index contributed by atoms with van der Waals surface area (Å²) in [5, 5.41) is 6.68. The molecule has 0 unspecified atom stereocenters. The van der Waals surface area contributed by atoms with Gasteiger partial charge in [0.2, 0.25) is 0 Å². The zero-order chi connectivity index (χ0) is 12.4. The molecule has 2 aromatic rings. The lowest BCUT2D eigenvalue weighted by Gasteiger charge is -2.09. The maximum atomic E-state index is 4.39. The number of hydrogen-bond acceptors (Lipinski definition) is 4. The predicted molar refractivity (Wildman–Crippen MR) is 73.1 cm³/mol. The summed E-state index contributed by atoms with van der Waals surface area (Å²) in [4.78, 5) is 8.79. The molecule has 0 bridgehead atoms. The van der Waals surface area contributed by atoms with Gasteiger partial charge in [-0.15, -0.1) is 0 Å². The number of para-hydroxylation sites is 1. The van der Waals surface area contributed by atoms with Crippen LogP contribution in [0.3, 0.4) is 0 Å². The fourth-order valence-electron chi connectivity index (χ4n) is 1.81. The van der Waals surface area contributed by atoms with Crippen molar-refractivity contribution >= 4 is 17.3 Å². The quantitative estimate of drug-likeness (QED) is 0.862. The third kappa shape index (κ3) is 2.77. The lowest BCUT2D eigenvalue weighted by molar-refractivity contribution is 1.02. The number of hydrogen-bond donors (Lipinski definition) is 2. The lowest BCUT2D eigenvalue weighted by atomic mass is 10.3. The Bertz CT molecular complexity index is 535. The molecule has 4 nitrogen and oxygen atoms in total. The first-order valence-electron chi connectivity index (χ1n) is 6.24. The third-order valence-electron chi connectivity index (χ3n) is 2.81. The molecule has 1 fully saturated rings. The van der Waals surface area contributed by atoms with Gasteiger partial charge < -0.3 is 10.6 Å². The fraction of sp³-hybridized carbons (Fsp3) is 0.286. The van der Waals surface area contributed by atoms with Crippen molar-refractivity contribution in [2.45, 2.75) is 25.8 Å². The van der Waals surface area contributed by atoms with Crippen molar-refractivity contribution in [2.75, 3.05) is 10.6 Å². The fourth-order valence-corrected chi connectivity index (χ4v) is 1.81. The Morgan fingerprint density at radius 2 is 1.78 bits per heavy atom. The Morgan fingerprint density at radius 1 is 1.06 bits per heavy atom. The van der Waals surface area contributed by atoms with E-state index in [1.165, 1.54) is 12.8 Å². The van der Waals surface area contributed by atoms with Gasteiger partial charge >= 0.3 is 0 Å². The van der Waals surface area contributed by atoms with Crippen LogP contribution >= 0.6 is 0 Å². The van der Waals surface area contributed by atoms with E-state index in [1.54, 1.807) is 0 Å². The molecule has 1 heterocycles. The molecule has 18 heavy (non-hydrogen) atoms. The zero-order valence-corrected chi connectivity index (χ0v) is 10.4. The number of benzene rings is 1. The number of aromatic nitrogens is 2. The summed E-state index contributed by atoms with van der Waals surface area (Å²) in [6.45, 7) is 1.91. The van der Waals surface area contributed by atoms with Crippen LogP contribution in [0.4, 0.5) is 17.3 Å². The molecule has 1 aliphatic carbocycles. The highest BCUT2D eigenvalue weighted by Crippen LogP contribution is 2.25. The summed E-state index contributed by atoms with van der Waals surface area (Å²) >= 11 is 0. The summed E-state index contributed by atoms with van der Waals surface area (Å²) in [6, 6.07) is 12.6. The van der Waals surface area contributed by atoms with Crippen LogP contribution in [0, 0.1) is 6.92 Å². The van der Waals surface area contributed by atoms with Crippen molar-refractivity contribution < 1.29 is 0 Å². The Balaban J connectivity index is 1.80. The van der Waals surface area contributed by atoms with Crippen LogP contribution in [0.2, 0.25) is 0 Å². The minimum absolute atomic E-state index is 0.601. The van der Waals surface area contributed by atoms with Gasteiger partial charge in [0.1, 0.15) is 17.5 Å². The Kier molecular flexibility index (Phi) is 2.84. The summed E-state index contributed by atoms with van der Waals surface area (Å²) in [5.41, 5.74) is 1.04. The molecule has 1 aromatic carbocycles. The van der Waals surface area contributed by atoms with Gasteiger partial charge in [-0.25, -0.2) is 9.97 Å². The first-order valence-corrected chi connectivity index (χ1v) is 6.24. The third-order valence-corrected chi connectivity index (χ3v) is 2.81. The molecule has 1 aromatic heterocycles. The molecule has 4 heteroatoms. The Labute approximate surface area is 106 Å². The minimum Gasteiger partial charge on any atom is -0.367 e. The molecule has 92 valence electrons. The van der Waals surface area contributed by atoms with Crippen LogP contribution in [0.5, 0.6) is 0 Å². The number of rotatable bonds is 4. The van der Waals surface area contributed by atoms with Crippen LogP contribution in [-0.2, 0) is 0 Å². The molecule has 3 rings (SSSR count). The molecule has 0 aliphatic heterocycles. The highest BCUT2D eigenvalue weighted by atomic mass is 15.1. The van der Waals surface area contributed by atoms with E-state index in [9.17, 15) is 0 Å². The number of anilines is 3. The van der Waals surface area contributed by atoms with E-state index >= 15 is 0 Å². The average Bonchev–Trinajstić information content (AvgIpc) is 3.13. The summed E-state index contributed by atoms with van der Waals surface area (Å²) < 4.78 is 0. The first kappa shape index (κ1) is 11.0. The van der Waals surface area contributed by atoms with E-state index in [1.807, 2.05) is 43.3 Å². The average molecular weight is 240 g/mol. The molecule has 2 N–H and O–H groups in total. The van der Waals surface area contributed by atoms with Crippen molar-refractivity contribution in [3.05, 3.63) is 42.2 Å². The Morgan fingerprint density at radius 3 is 2.50 bits per heavy atom. The van der Waals surface area contributed by atoms with E-state index in [0.717, 1.165) is 23.1 Å². The second kappa shape index (κ2) is 4.64. The molecular formula is C14H16N4. The minimum atomic E-state index is 0.601. The van der Waals surface area contributed by atoms with E-state index in [0.29, 0.717) is 6.04 Å². The van der Waals surface area contributed by atoms with E-state index in [4.69, 9.17) is 0 Å². The van der Waals surface area contributed by atoms with Crippen molar-refractivity contribution in [1.82, 2.24) is 9.97 Å². The SMILES string of the molecule is Cc1nc(Nc2ccccc2)cc(NC2CC2)n1. The monoisotopic (exact) mass is 240 g/mol. The molecule has 0 saturated heterocycles. The van der Waals surface area contributed by atoms with Gasteiger partial charge in [0.25, 0.3) is 0 Å². The summed E-state index contributed by atoms with van der Waals surface area (Å²) in [5.74, 6) is 2.51. The van der Waals surface area contributed by atoms with Gasteiger partial charge in [-0.2, -0.15) is 0 Å². The van der Waals surface area contributed by atoms with Crippen LogP contribution < -0.4 is 10.6 Å². The highest BCUT2D eigenvalue weighted by Gasteiger charge is 2.21. The Hall–Kier alpha value is -2.10. The van der Waals surface area contributed by atoms with Crippen LogP contribution in [0.15, 0.2) is 36.4 Å². The molecule has 0 spiro atoms. The lowest BCUT2D eigenvalue weighted by Crippen LogP contribution is -2.06. The molecule has 1 saturated carbocycles. The maximum absolute atomic E-state index is 4.39. The molecule has 0 radical (unpaired) electrons. The molecule has 0 amide bonds. The molecular weight excluding hydrogens is 224 g/mol. The van der Waals surface area contributed by atoms with Gasteiger partial charge in [-0.05, 0) is 31.9 Å². The van der Waals surface area contributed by atoms with Gasteiger partial charge in [-0.3, -0.25) is 0 Å². The normalized spacial score (nSPS) is 14.3. The van der Waals surface area contributed by atoms with Crippen LogP contribution in [-0.4, -0.2) is 16.0 Å². The van der Waals surface area contributed by atoms with E-state index in [2.05, 4.69) is 20.6 Å². The van der Waals surface area contributed by atoms with Gasteiger partial charge in [0, 0.05) is 17.8 Å². The largest absolute Gasteiger partial charge is 0.367 e. The second-order valence-electron chi connectivity index (χ2n) is 4.60. The smallest absolute Gasteiger partial charge is 0.136 e. The van der Waals surface area contributed by atoms with Crippen LogP contribution in [0.25, 0.3) is 0 Å². The van der Waals surface area contributed by atoms with Gasteiger partial charge in [0.15, 0.2) is 0 Å². The van der Waals surface area contributed by atoms with Gasteiger partial charge in [0.05, 0.1) is 0 Å². The highest BCUT2D eigenvalue weighted by molar-refractivity contribution is 5.59. The molecule has 0 atom stereocenters. The number of aryl methyl sites for hydroxylation is 1. The zero-order valence-electron chi connectivity index (χ0n) is 10.4. The van der Waals surface area contributed by atoms with Crippen molar-refractivity contribution in [3.8, 4) is 0 Å². The van der Waals surface area contributed by atoms with Crippen molar-refractivity contribution in [1.29, 1.82) is 0 Å². The molecule has 1 aliphatic rings. The van der Waals surface area contributed by atoms with Gasteiger partial charge in [-0.1, -0.05) is 18.2 Å². The first-order chi connectivity index (χ1) is 8.79. The standard InChI is InChI=1S/C14H16N4/c1-10-15-13(17-11-5-3-2-4-6-11)9-14(16-10)18-12-7-8-12/h2-6,9,12H,7-8H2,1H3,(H2,15,16,17,18). The van der Waals surface area contributed by atoms with Crippen molar-refractivity contribution in [2.24, 2.45) is 0 Å². The van der Waals surface area contributed by atoms with E-state index < -0.39 is 0 Å². The number of nitrogens with zero attached hydrogens (tertiary/aromatic N) is 2. The van der Waals surface area contributed by atoms with Crippen LogP contribution in [0.1, 0.15) is 18.7 Å². The summed E-state index contributed by atoms with van der Waals surface area (Å²) in [6.07, 6.45) is 2.48. The number of nitrogens with one attached hydrogen (secondary N) is 2.